The molecule has 0 spiro atoms. The number of ketones is 1. The minimum absolute atomic E-state index is 0.0859. The van der Waals surface area contributed by atoms with E-state index in [0.29, 0.717) is 29.5 Å². The normalized spacial score (nSPS) is 13.1. The molecule has 3 rings (SSSR count). The van der Waals surface area contributed by atoms with Crippen molar-refractivity contribution in [3.8, 4) is 11.5 Å². The highest BCUT2D eigenvalue weighted by Gasteiger charge is 2.25. The fourth-order valence-corrected chi connectivity index (χ4v) is 2.72. The van der Waals surface area contributed by atoms with Gasteiger partial charge in [0, 0.05) is 24.1 Å². The van der Waals surface area contributed by atoms with Crippen molar-refractivity contribution in [1.82, 2.24) is 15.1 Å². The summed E-state index contributed by atoms with van der Waals surface area (Å²) in [5.74, 6) is 0.798. The summed E-state index contributed by atoms with van der Waals surface area (Å²) in [6.07, 6.45) is 2.21. The lowest BCUT2D eigenvalue weighted by Crippen LogP contribution is -2.34. The van der Waals surface area contributed by atoms with Crippen LogP contribution in [0.2, 0.25) is 0 Å². The van der Waals surface area contributed by atoms with Gasteiger partial charge in [-0.3, -0.25) is 14.4 Å². The minimum atomic E-state index is -0.330. The first-order chi connectivity index (χ1) is 13.5. The van der Waals surface area contributed by atoms with Crippen molar-refractivity contribution in [3.63, 3.8) is 0 Å². The average Bonchev–Trinajstić information content (AvgIpc) is 3.52. The molecule has 148 valence electrons. The van der Waals surface area contributed by atoms with Gasteiger partial charge in [-0.1, -0.05) is 0 Å². The van der Waals surface area contributed by atoms with Crippen molar-refractivity contribution in [2.75, 3.05) is 20.3 Å². The molecule has 1 aromatic carbocycles. The van der Waals surface area contributed by atoms with Crippen molar-refractivity contribution < 1.29 is 19.1 Å². The van der Waals surface area contributed by atoms with E-state index in [1.807, 2.05) is 0 Å². The molecular formula is C20H23N3O5. The SMILES string of the molecule is COc1cc(C(C)=O)ccc1OCC(=O)NCCn1nc(C2CC2)ccc1=O. The van der Waals surface area contributed by atoms with Gasteiger partial charge in [-0.05, 0) is 44.0 Å². The van der Waals surface area contributed by atoms with Gasteiger partial charge < -0.3 is 14.8 Å². The smallest absolute Gasteiger partial charge is 0.266 e. The molecule has 8 heteroatoms. The van der Waals surface area contributed by atoms with Gasteiger partial charge in [0.2, 0.25) is 0 Å². The highest BCUT2D eigenvalue weighted by molar-refractivity contribution is 5.94. The first kappa shape index (κ1) is 19.6. The number of rotatable bonds is 9. The average molecular weight is 385 g/mol. The zero-order chi connectivity index (χ0) is 20.1. The molecule has 0 radical (unpaired) electrons. The first-order valence-electron chi connectivity index (χ1n) is 9.14. The zero-order valence-corrected chi connectivity index (χ0v) is 15.9. The molecule has 1 amide bonds. The molecule has 1 aliphatic rings. The predicted octanol–water partition coefficient (Wildman–Crippen LogP) is 1.53. The number of nitrogens with one attached hydrogen (secondary N) is 1. The number of nitrogens with zero attached hydrogens (tertiary/aromatic N) is 2. The summed E-state index contributed by atoms with van der Waals surface area (Å²) in [5, 5.41) is 7.05. The van der Waals surface area contributed by atoms with E-state index in [2.05, 4.69) is 10.4 Å². The molecule has 0 unspecified atom stereocenters. The van der Waals surface area contributed by atoms with Crippen LogP contribution in [0.4, 0.5) is 0 Å². The van der Waals surface area contributed by atoms with E-state index in [1.54, 1.807) is 24.3 Å². The Kier molecular flexibility index (Phi) is 6.08. The Morgan fingerprint density at radius 3 is 2.68 bits per heavy atom. The van der Waals surface area contributed by atoms with Crippen LogP contribution in [0.25, 0.3) is 0 Å². The van der Waals surface area contributed by atoms with Crippen LogP contribution in [0.3, 0.4) is 0 Å². The second-order valence-electron chi connectivity index (χ2n) is 6.65. The van der Waals surface area contributed by atoms with Crippen LogP contribution in [0, 0.1) is 0 Å². The Hall–Kier alpha value is -3.16. The number of carbonyl (C=O) groups excluding carboxylic acids is 2. The van der Waals surface area contributed by atoms with E-state index in [9.17, 15) is 14.4 Å². The van der Waals surface area contributed by atoms with Crippen LogP contribution < -0.4 is 20.3 Å². The van der Waals surface area contributed by atoms with Crippen LogP contribution in [0.15, 0.2) is 35.1 Å². The molecule has 1 aromatic heterocycles. The van der Waals surface area contributed by atoms with E-state index >= 15 is 0 Å². The standard InChI is InChI=1S/C20H23N3O5/c1-13(24)15-5-7-17(18(11-15)27-2)28-12-19(25)21-9-10-23-20(26)8-6-16(22-23)14-3-4-14/h5-8,11,14H,3-4,9-10,12H2,1-2H3,(H,21,25). The Bertz CT molecular complexity index is 934. The number of ether oxygens (including phenoxy) is 2. The van der Waals surface area contributed by atoms with Gasteiger partial charge in [-0.25, -0.2) is 4.68 Å². The van der Waals surface area contributed by atoms with Crippen molar-refractivity contribution >= 4 is 11.7 Å². The summed E-state index contributed by atoms with van der Waals surface area (Å²) in [6, 6.07) is 8.06. The maximum atomic E-state index is 12.0. The lowest BCUT2D eigenvalue weighted by Gasteiger charge is -2.12. The van der Waals surface area contributed by atoms with E-state index in [4.69, 9.17) is 9.47 Å². The molecule has 28 heavy (non-hydrogen) atoms. The lowest BCUT2D eigenvalue weighted by molar-refractivity contribution is -0.123. The van der Waals surface area contributed by atoms with Gasteiger partial charge in [0.1, 0.15) is 0 Å². The third-order valence-corrected chi connectivity index (χ3v) is 4.46. The summed E-state index contributed by atoms with van der Waals surface area (Å²) in [7, 11) is 1.46. The number of amides is 1. The van der Waals surface area contributed by atoms with Gasteiger partial charge in [-0.2, -0.15) is 5.10 Å². The first-order valence-corrected chi connectivity index (χ1v) is 9.14. The second kappa shape index (κ2) is 8.69. The third kappa shape index (κ3) is 4.97. The van der Waals surface area contributed by atoms with Crippen LogP contribution in [-0.4, -0.2) is 41.7 Å². The highest BCUT2D eigenvalue weighted by atomic mass is 16.5. The predicted molar refractivity (Wildman–Crippen MR) is 102 cm³/mol. The van der Waals surface area contributed by atoms with Gasteiger partial charge in [0.15, 0.2) is 23.9 Å². The topological polar surface area (TPSA) is 99.5 Å². The molecule has 1 heterocycles. The second-order valence-corrected chi connectivity index (χ2v) is 6.65. The van der Waals surface area contributed by atoms with Gasteiger partial charge in [-0.15, -0.1) is 0 Å². The number of Topliss-reactive ketones (excluding diaryl/α,β-unsaturated/α-hetero) is 1. The van der Waals surface area contributed by atoms with E-state index in [-0.39, 0.29) is 30.4 Å². The summed E-state index contributed by atoms with van der Waals surface area (Å²) in [4.78, 5) is 35.3. The molecule has 1 N–H and O–H groups in total. The maximum Gasteiger partial charge on any atom is 0.266 e. The molecule has 1 aliphatic carbocycles. The molecule has 0 atom stereocenters. The van der Waals surface area contributed by atoms with Gasteiger partial charge >= 0.3 is 0 Å². The summed E-state index contributed by atoms with van der Waals surface area (Å²) < 4.78 is 12.1. The molecule has 0 bridgehead atoms. The van der Waals surface area contributed by atoms with E-state index in [1.165, 1.54) is 24.8 Å². The summed E-state index contributed by atoms with van der Waals surface area (Å²) in [5.41, 5.74) is 1.24. The molecule has 0 saturated heterocycles. The third-order valence-electron chi connectivity index (χ3n) is 4.46. The molecule has 1 fully saturated rings. The monoisotopic (exact) mass is 385 g/mol. The van der Waals surface area contributed by atoms with Gasteiger partial charge in [0.05, 0.1) is 19.3 Å². The Balaban J connectivity index is 1.49. The van der Waals surface area contributed by atoms with E-state index < -0.39 is 0 Å². The lowest BCUT2D eigenvalue weighted by atomic mass is 10.1. The number of carbonyl (C=O) groups is 2. The molecule has 8 nitrogen and oxygen atoms in total. The zero-order valence-electron chi connectivity index (χ0n) is 15.9. The molecule has 2 aromatic rings. The Morgan fingerprint density at radius 1 is 1.21 bits per heavy atom. The van der Waals surface area contributed by atoms with Crippen LogP contribution in [0.1, 0.15) is 41.7 Å². The number of hydrogen-bond acceptors (Lipinski definition) is 6. The van der Waals surface area contributed by atoms with Crippen molar-refractivity contribution in [2.45, 2.75) is 32.2 Å². The van der Waals surface area contributed by atoms with Crippen LogP contribution in [0.5, 0.6) is 11.5 Å². The molecular weight excluding hydrogens is 362 g/mol. The summed E-state index contributed by atoms with van der Waals surface area (Å²) >= 11 is 0. The van der Waals surface area contributed by atoms with E-state index in [0.717, 1.165) is 18.5 Å². The fraction of sp³-hybridized carbons (Fsp3) is 0.400. The minimum Gasteiger partial charge on any atom is -0.493 e. The number of aromatic nitrogens is 2. The number of benzene rings is 1. The molecule has 1 saturated carbocycles. The van der Waals surface area contributed by atoms with Crippen molar-refractivity contribution in [1.29, 1.82) is 0 Å². The van der Waals surface area contributed by atoms with Crippen molar-refractivity contribution in [2.24, 2.45) is 0 Å². The summed E-state index contributed by atoms with van der Waals surface area (Å²) in [6.45, 7) is 1.81. The van der Waals surface area contributed by atoms with Crippen molar-refractivity contribution in [3.05, 3.63) is 51.9 Å². The molecule has 0 aliphatic heterocycles. The highest BCUT2D eigenvalue weighted by Crippen LogP contribution is 2.38. The Labute approximate surface area is 162 Å². The fourth-order valence-electron chi connectivity index (χ4n) is 2.72. The number of methoxy groups -OCH3 is 1. The maximum absolute atomic E-state index is 12.0. The van der Waals surface area contributed by atoms with Crippen LogP contribution >= 0.6 is 0 Å². The van der Waals surface area contributed by atoms with Crippen LogP contribution in [-0.2, 0) is 11.3 Å². The largest absolute Gasteiger partial charge is 0.493 e. The number of hydrogen-bond donors (Lipinski definition) is 1. The Morgan fingerprint density at radius 2 is 2.00 bits per heavy atom. The quantitative estimate of drug-likeness (QED) is 0.657. The van der Waals surface area contributed by atoms with Gasteiger partial charge in [0.25, 0.3) is 11.5 Å².